The second kappa shape index (κ2) is 7.45. The highest BCUT2D eigenvalue weighted by Gasteiger charge is 2.36. The molecule has 1 unspecified atom stereocenters. The molecule has 2 rings (SSSR count). The van der Waals surface area contributed by atoms with Gasteiger partial charge in [-0.2, -0.15) is 18.3 Å². The van der Waals surface area contributed by atoms with Gasteiger partial charge in [-0.15, -0.1) is 0 Å². The van der Waals surface area contributed by atoms with Crippen molar-refractivity contribution in [2.24, 2.45) is 0 Å². The molecular formula is C18H18F3N3O4. The van der Waals surface area contributed by atoms with E-state index in [1.807, 2.05) is 0 Å². The fraction of sp³-hybridized carbons (Fsp3) is 0.333. The van der Waals surface area contributed by atoms with Crippen LogP contribution in [0.1, 0.15) is 42.0 Å². The predicted octanol–water partition coefficient (Wildman–Crippen LogP) is 2.54. The van der Waals surface area contributed by atoms with Crippen molar-refractivity contribution >= 4 is 11.9 Å². The Kier molecular flexibility index (Phi) is 5.62. The first-order valence-electron chi connectivity index (χ1n) is 8.24. The highest BCUT2D eigenvalue weighted by molar-refractivity contribution is 5.96. The minimum atomic E-state index is -4.68. The van der Waals surface area contributed by atoms with Gasteiger partial charge in [0.2, 0.25) is 5.43 Å². The summed E-state index contributed by atoms with van der Waals surface area (Å²) in [5.41, 5.74) is -4.48. The first kappa shape index (κ1) is 21.1. The summed E-state index contributed by atoms with van der Waals surface area (Å²) in [5, 5.41) is 15.3. The molecule has 0 aliphatic heterocycles. The van der Waals surface area contributed by atoms with Gasteiger partial charge in [0.1, 0.15) is 5.54 Å². The lowest BCUT2D eigenvalue weighted by molar-refractivity contribution is -0.144. The SMILES string of the molecule is CCC(C)(NC(=O)c1nn(-c2ccccc2C(F)(F)F)c(C)cc1=O)C(=O)O. The minimum Gasteiger partial charge on any atom is -0.480 e. The van der Waals surface area contributed by atoms with Crippen molar-refractivity contribution in [2.75, 3.05) is 0 Å². The number of rotatable bonds is 5. The van der Waals surface area contributed by atoms with Crippen LogP contribution in [0.25, 0.3) is 5.69 Å². The lowest BCUT2D eigenvalue weighted by atomic mass is 9.99. The number of aryl methyl sites for hydroxylation is 1. The van der Waals surface area contributed by atoms with Crippen LogP contribution in [0.2, 0.25) is 0 Å². The average molecular weight is 397 g/mol. The summed E-state index contributed by atoms with van der Waals surface area (Å²) in [5.74, 6) is -2.41. The molecule has 7 nitrogen and oxygen atoms in total. The van der Waals surface area contributed by atoms with Crippen molar-refractivity contribution in [3.63, 3.8) is 0 Å². The number of aromatic nitrogens is 2. The van der Waals surface area contributed by atoms with Gasteiger partial charge in [0.25, 0.3) is 5.91 Å². The van der Waals surface area contributed by atoms with Crippen molar-refractivity contribution < 1.29 is 27.9 Å². The van der Waals surface area contributed by atoms with Gasteiger partial charge in [0.05, 0.1) is 11.3 Å². The summed E-state index contributed by atoms with van der Waals surface area (Å²) in [7, 11) is 0. The van der Waals surface area contributed by atoms with Gasteiger partial charge in [0, 0.05) is 11.8 Å². The van der Waals surface area contributed by atoms with Gasteiger partial charge >= 0.3 is 12.1 Å². The third-order valence-electron chi connectivity index (χ3n) is 4.33. The number of carboxylic acid groups (broad SMARTS) is 1. The zero-order chi connectivity index (χ0) is 21.3. The lowest BCUT2D eigenvalue weighted by Gasteiger charge is -2.24. The molecule has 2 aromatic rings. The molecule has 0 aliphatic carbocycles. The number of amides is 1. The van der Waals surface area contributed by atoms with Crippen LogP contribution in [-0.2, 0) is 11.0 Å². The monoisotopic (exact) mass is 397 g/mol. The lowest BCUT2D eigenvalue weighted by Crippen LogP contribution is -2.52. The smallest absolute Gasteiger partial charge is 0.418 e. The van der Waals surface area contributed by atoms with E-state index in [2.05, 4.69) is 10.4 Å². The number of para-hydroxylation sites is 1. The first-order valence-corrected chi connectivity index (χ1v) is 8.24. The van der Waals surface area contributed by atoms with Crippen LogP contribution < -0.4 is 10.7 Å². The highest BCUT2D eigenvalue weighted by atomic mass is 19.4. The van der Waals surface area contributed by atoms with Gasteiger partial charge < -0.3 is 10.4 Å². The van der Waals surface area contributed by atoms with Gasteiger partial charge in [-0.05, 0) is 32.4 Å². The van der Waals surface area contributed by atoms with Crippen LogP contribution in [0.5, 0.6) is 0 Å². The summed E-state index contributed by atoms with van der Waals surface area (Å²) >= 11 is 0. The van der Waals surface area contributed by atoms with Crippen molar-refractivity contribution in [2.45, 2.75) is 38.9 Å². The number of carboxylic acids is 1. The van der Waals surface area contributed by atoms with Crippen molar-refractivity contribution in [3.8, 4) is 5.69 Å². The number of aliphatic carboxylic acids is 1. The Morgan fingerprint density at radius 3 is 2.39 bits per heavy atom. The third-order valence-corrected chi connectivity index (χ3v) is 4.33. The summed E-state index contributed by atoms with van der Waals surface area (Å²) in [6.45, 7) is 4.14. The quantitative estimate of drug-likeness (QED) is 0.808. The maximum atomic E-state index is 13.3. The van der Waals surface area contributed by atoms with Crippen LogP contribution in [-0.4, -0.2) is 32.3 Å². The second-order valence-electron chi connectivity index (χ2n) is 6.37. The Balaban J connectivity index is 2.60. The van der Waals surface area contributed by atoms with E-state index in [-0.39, 0.29) is 17.8 Å². The molecule has 0 radical (unpaired) electrons. The molecule has 0 fully saturated rings. The fourth-order valence-corrected chi connectivity index (χ4v) is 2.45. The van der Waals surface area contributed by atoms with Crippen molar-refractivity contribution in [1.29, 1.82) is 0 Å². The number of carbonyl (C=O) groups is 2. The minimum absolute atomic E-state index is 0.0189. The molecule has 28 heavy (non-hydrogen) atoms. The Morgan fingerprint density at radius 1 is 1.25 bits per heavy atom. The summed E-state index contributed by atoms with van der Waals surface area (Å²) in [4.78, 5) is 36.0. The molecule has 0 saturated heterocycles. The standard InChI is InChI=1S/C18H18F3N3O4/c1-4-17(3,16(27)28)22-15(26)14-13(25)9-10(2)24(23-14)12-8-6-5-7-11(12)18(19,20)21/h5-9H,4H2,1-3H3,(H,22,26)(H,27,28). The van der Waals surface area contributed by atoms with E-state index < -0.39 is 40.3 Å². The molecule has 0 spiro atoms. The van der Waals surface area contributed by atoms with Gasteiger partial charge in [-0.3, -0.25) is 9.59 Å². The molecule has 2 N–H and O–H groups in total. The molecule has 1 amide bonds. The van der Waals surface area contributed by atoms with Gasteiger partial charge in [0.15, 0.2) is 5.69 Å². The number of nitrogens with one attached hydrogen (secondary N) is 1. The van der Waals surface area contributed by atoms with Crippen LogP contribution in [0.3, 0.4) is 0 Å². The van der Waals surface area contributed by atoms with E-state index in [0.29, 0.717) is 0 Å². The number of hydrogen-bond acceptors (Lipinski definition) is 4. The van der Waals surface area contributed by atoms with Crippen LogP contribution in [0, 0.1) is 6.92 Å². The summed E-state index contributed by atoms with van der Waals surface area (Å²) in [6.07, 6.45) is -4.66. The summed E-state index contributed by atoms with van der Waals surface area (Å²) in [6, 6.07) is 5.55. The average Bonchev–Trinajstić information content (AvgIpc) is 2.60. The van der Waals surface area contributed by atoms with E-state index >= 15 is 0 Å². The maximum absolute atomic E-state index is 13.3. The van der Waals surface area contributed by atoms with E-state index in [1.54, 1.807) is 0 Å². The molecule has 1 aromatic carbocycles. The molecule has 1 atom stereocenters. The first-order chi connectivity index (χ1) is 12.9. The Labute approximate surface area is 157 Å². The largest absolute Gasteiger partial charge is 0.480 e. The zero-order valence-corrected chi connectivity index (χ0v) is 15.3. The van der Waals surface area contributed by atoms with Crippen LogP contribution >= 0.6 is 0 Å². The van der Waals surface area contributed by atoms with Gasteiger partial charge in [-0.1, -0.05) is 19.1 Å². The molecule has 1 heterocycles. The Bertz CT molecular complexity index is 985. The molecular weight excluding hydrogens is 379 g/mol. The topological polar surface area (TPSA) is 101 Å². The second-order valence-corrected chi connectivity index (χ2v) is 6.37. The Morgan fingerprint density at radius 2 is 1.86 bits per heavy atom. The van der Waals surface area contributed by atoms with E-state index in [1.165, 1.54) is 32.9 Å². The Hall–Kier alpha value is -3.17. The number of carbonyl (C=O) groups excluding carboxylic acids is 1. The van der Waals surface area contributed by atoms with E-state index in [9.17, 15) is 32.7 Å². The van der Waals surface area contributed by atoms with Gasteiger partial charge in [-0.25, -0.2) is 9.48 Å². The number of nitrogens with zero attached hydrogens (tertiary/aromatic N) is 2. The molecule has 150 valence electrons. The number of hydrogen-bond donors (Lipinski definition) is 2. The van der Waals surface area contributed by atoms with Crippen molar-refractivity contribution in [3.05, 3.63) is 57.5 Å². The number of benzene rings is 1. The molecule has 0 aliphatic rings. The van der Waals surface area contributed by atoms with Crippen molar-refractivity contribution in [1.82, 2.24) is 15.1 Å². The normalized spacial score (nSPS) is 13.6. The molecule has 1 aromatic heterocycles. The predicted molar refractivity (Wildman–Crippen MR) is 93.4 cm³/mol. The third kappa shape index (κ3) is 4.05. The molecule has 0 bridgehead atoms. The summed E-state index contributed by atoms with van der Waals surface area (Å²) < 4.78 is 40.8. The van der Waals surface area contributed by atoms with E-state index in [4.69, 9.17) is 0 Å². The number of halogens is 3. The number of alkyl halides is 3. The van der Waals surface area contributed by atoms with Crippen LogP contribution in [0.4, 0.5) is 13.2 Å². The highest BCUT2D eigenvalue weighted by Crippen LogP contribution is 2.33. The zero-order valence-electron chi connectivity index (χ0n) is 15.3. The fourth-order valence-electron chi connectivity index (χ4n) is 2.45. The molecule has 0 saturated carbocycles. The molecule has 10 heteroatoms. The van der Waals surface area contributed by atoms with E-state index in [0.717, 1.165) is 22.9 Å². The maximum Gasteiger partial charge on any atom is 0.418 e. The van der Waals surface area contributed by atoms with Crippen LogP contribution in [0.15, 0.2) is 35.1 Å².